The number of fused-ring (bicyclic) bond motifs is 1. The topological polar surface area (TPSA) is 74.3 Å². The van der Waals surface area contributed by atoms with Crippen LogP contribution in [0.15, 0.2) is 29.5 Å². The molecule has 0 aliphatic carbocycles. The van der Waals surface area contributed by atoms with Crippen molar-refractivity contribution >= 4 is 5.78 Å². The van der Waals surface area contributed by atoms with Crippen molar-refractivity contribution < 1.29 is 39.9 Å². The minimum absolute atomic E-state index is 0.0869. The third kappa shape index (κ3) is 3.78. The minimum atomic E-state index is -5.90. The van der Waals surface area contributed by atoms with Crippen LogP contribution in [-0.4, -0.2) is 43.4 Å². The summed E-state index contributed by atoms with van der Waals surface area (Å²) in [4.78, 5) is 19.6. The highest BCUT2D eigenvalue weighted by molar-refractivity contribution is 5.65. The van der Waals surface area contributed by atoms with Gasteiger partial charge in [0, 0.05) is 24.0 Å². The summed E-state index contributed by atoms with van der Waals surface area (Å²) in [7, 11) is 1.18. The van der Waals surface area contributed by atoms with Gasteiger partial charge in [-0.15, -0.1) is 0 Å². The molecule has 0 atom stereocenters. The van der Waals surface area contributed by atoms with Gasteiger partial charge in [0.25, 0.3) is 5.56 Å². The molecule has 7 nitrogen and oxygen atoms in total. The van der Waals surface area contributed by atoms with Gasteiger partial charge in [-0.1, -0.05) is 0 Å². The fraction of sp³-hybridized carbons (Fsp3) is 0.333. The molecule has 0 aliphatic rings. The molecule has 3 rings (SSSR count). The number of methoxy groups -OCH3 is 1. The van der Waals surface area contributed by atoms with Crippen LogP contribution in [0, 0.1) is 0 Å². The molecular weight excluding hydrogens is 434 g/mol. The van der Waals surface area contributed by atoms with Crippen molar-refractivity contribution in [2.75, 3.05) is 7.11 Å². The molecule has 0 radical (unpaired) electrons. The summed E-state index contributed by atoms with van der Waals surface area (Å²) in [6.07, 6.45) is -9.03. The Kier molecular flexibility index (Phi) is 4.94. The van der Waals surface area contributed by atoms with Crippen LogP contribution in [0.3, 0.4) is 0 Å². The average molecular weight is 443 g/mol. The van der Waals surface area contributed by atoms with Crippen LogP contribution in [0.25, 0.3) is 16.9 Å². The van der Waals surface area contributed by atoms with Gasteiger partial charge in [-0.3, -0.25) is 13.9 Å². The molecule has 3 aromatic rings. The molecule has 0 bridgehead atoms. The lowest BCUT2D eigenvalue weighted by atomic mass is 10.1. The Morgan fingerprint density at radius 1 is 1.07 bits per heavy atom. The summed E-state index contributed by atoms with van der Waals surface area (Å²) < 4.78 is 109. The van der Waals surface area contributed by atoms with E-state index in [-0.39, 0.29) is 10.6 Å². The number of halogens is 8. The summed E-state index contributed by atoms with van der Waals surface area (Å²) >= 11 is 0. The lowest BCUT2D eigenvalue weighted by Crippen LogP contribution is -2.40. The number of rotatable bonds is 4. The van der Waals surface area contributed by atoms with E-state index in [0.29, 0.717) is 16.8 Å². The molecular formula is C15H9F8N5O2. The fourth-order valence-corrected chi connectivity index (χ4v) is 2.46. The fourth-order valence-electron chi connectivity index (χ4n) is 2.46. The summed E-state index contributed by atoms with van der Waals surface area (Å²) in [6, 6.07) is 1.15. The molecule has 0 saturated carbocycles. The maximum atomic E-state index is 13.5. The predicted molar refractivity (Wildman–Crippen MR) is 83.0 cm³/mol. The van der Waals surface area contributed by atoms with E-state index in [4.69, 9.17) is 4.74 Å². The minimum Gasteiger partial charge on any atom is -0.481 e. The summed E-state index contributed by atoms with van der Waals surface area (Å²) in [5.74, 6) is -5.99. The van der Waals surface area contributed by atoms with Crippen LogP contribution in [0.5, 0.6) is 5.88 Å². The number of ether oxygens (including phenoxy) is 1. The number of alkyl halides is 8. The van der Waals surface area contributed by atoms with E-state index < -0.39 is 53.0 Å². The van der Waals surface area contributed by atoms with Gasteiger partial charge < -0.3 is 4.74 Å². The molecule has 3 heterocycles. The third-order valence-corrected chi connectivity index (χ3v) is 3.85. The van der Waals surface area contributed by atoms with E-state index in [9.17, 15) is 39.9 Å². The smallest absolute Gasteiger partial charge is 0.455 e. The average Bonchev–Trinajstić information content (AvgIpc) is 3.06. The molecule has 0 amide bonds. The Bertz CT molecular complexity index is 1150. The van der Waals surface area contributed by atoms with E-state index >= 15 is 0 Å². The Morgan fingerprint density at radius 3 is 2.30 bits per heavy atom. The first-order chi connectivity index (χ1) is 13.7. The molecule has 0 N–H and O–H groups in total. The van der Waals surface area contributed by atoms with Gasteiger partial charge >= 0.3 is 18.3 Å². The number of aromatic nitrogens is 5. The standard InChI is InChI=1S/C15H9F8N5O2/c1-30-8-2-3-28-11(29)9(10(14(18,19)20)26-12(28)25-8)7-4-24-27(5-7)6-13(16,17)15(21,22)23/h2-5H,6H2,1H3. The molecule has 3 aromatic heterocycles. The van der Waals surface area contributed by atoms with Crippen molar-refractivity contribution in [3.63, 3.8) is 0 Å². The van der Waals surface area contributed by atoms with Gasteiger partial charge in [-0.2, -0.15) is 45.2 Å². The van der Waals surface area contributed by atoms with Crippen molar-refractivity contribution in [2.24, 2.45) is 0 Å². The first-order valence-corrected chi connectivity index (χ1v) is 7.76. The van der Waals surface area contributed by atoms with Crippen molar-refractivity contribution in [3.05, 3.63) is 40.7 Å². The maximum Gasteiger partial charge on any atom is 0.455 e. The first kappa shape index (κ1) is 21.4. The van der Waals surface area contributed by atoms with E-state index in [1.807, 2.05) is 0 Å². The Morgan fingerprint density at radius 2 is 1.73 bits per heavy atom. The third-order valence-electron chi connectivity index (χ3n) is 3.85. The molecule has 0 unspecified atom stereocenters. The number of nitrogens with zero attached hydrogens (tertiary/aromatic N) is 5. The van der Waals surface area contributed by atoms with Crippen LogP contribution >= 0.6 is 0 Å². The Balaban J connectivity index is 2.18. The van der Waals surface area contributed by atoms with Gasteiger partial charge in [0.15, 0.2) is 5.69 Å². The number of hydrogen-bond acceptors (Lipinski definition) is 5. The Labute approximate surface area is 160 Å². The SMILES string of the molecule is COc1ccn2c(=O)c(-c3cnn(CC(F)(F)C(F)(F)F)c3)c(C(F)(F)F)nc2n1. The van der Waals surface area contributed by atoms with E-state index in [2.05, 4.69) is 15.1 Å². The zero-order valence-corrected chi connectivity index (χ0v) is 14.6. The van der Waals surface area contributed by atoms with Crippen molar-refractivity contribution in [2.45, 2.75) is 24.8 Å². The lowest BCUT2D eigenvalue weighted by Gasteiger charge is -2.19. The van der Waals surface area contributed by atoms with E-state index in [1.54, 1.807) is 0 Å². The van der Waals surface area contributed by atoms with Crippen molar-refractivity contribution in [1.82, 2.24) is 24.1 Å². The first-order valence-electron chi connectivity index (χ1n) is 7.76. The molecule has 15 heteroatoms. The second-order valence-electron chi connectivity index (χ2n) is 5.91. The van der Waals surface area contributed by atoms with Crippen LogP contribution in [0.2, 0.25) is 0 Å². The molecule has 0 aromatic carbocycles. The molecule has 162 valence electrons. The van der Waals surface area contributed by atoms with Crippen LogP contribution in [-0.2, 0) is 12.7 Å². The normalized spacial score (nSPS) is 13.1. The lowest BCUT2D eigenvalue weighted by molar-refractivity contribution is -0.287. The van der Waals surface area contributed by atoms with Crippen LogP contribution in [0.4, 0.5) is 35.1 Å². The highest BCUT2D eigenvalue weighted by Crippen LogP contribution is 2.37. The predicted octanol–water partition coefficient (Wildman–Crippen LogP) is 3.18. The second-order valence-corrected chi connectivity index (χ2v) is 5.91. The maximum absolute atomic E-state index is 13.5. The summed E-state index contributed by atoms with van der Waals surface area (Å²) in [5.41, 5.74) is -4.74. The van der Waals surface area contributed by atoms with Gasteiger partial charge in [-0.25, -0.2) is 4.98 Å². The quantitative estimate of drug-likeness (QED) is 0.580. The van der Waals surface area contributed by atoms with Gasteiger partial charge in [0.05, 0.1) is 18.9 Å². The largest absolute Gasteiger partial charge is 0.481 e. The van der Waals surface area contributed by atoms with Crippen molar-refractivity contribution in [1.29, 1.82) is 0 Å². The monoisotopic (exact) mass is 443 g/mol. The van der Waals surface area contributed by atoms with E-state index in [1.165, 1.54) is 7.11 Å². The molecule has 0 spiro atoms. The van der Waals surface area contributed by atoms with Gasteiger partial charge in [0.1, 0.15) is 6.54 Å². The van der Waals surface area contributed by atoms with Gasteiger partial charge in [-0.05, 0) is 0 Å². The van der Waals surface area contributed by atoms with E-state index in [0.717, 1.165) is 12.3 Å². The second kappa shape index (κ2) is 6.91. The van der Waals surface area contributed by atoms with Crippen molar-refractivity contribution in [3.8, 4) is 17.0 Å². The molecule has 0 aliphatic heterocycles. The highest BCUT2D eigenvalue weighted by atomic mass is 19.4. The Hall–Kier alpha value is -3.26. The van der Waals surface area contributed by atoms with Crippen LogP contribution < -0.4 is 10.3 Å². The zero-order valence-electron chi connectivity index (χ0n) is 14.6. The number of hydrogen-bond donors (Lipinski definition) is 0. The van der Waals surface area contributed by atoms with Crippen LogP contribution in [0.1, 0.15) is 5.69 Å². The molecule has 0 saturated heterocycles. The summed E-state index contributed by atoms with van der Waals surface area (Å²) in [6.45, 7) is -1.99. The summed E-state index contributed by atoms with van der Waals surface area (Å²) in [5, 5.41) is 3.22. The molecule has 0 fully saturated rings. The highest BCUT2D eigenvalue weighted by Gasteiger charge is 2.57. The molecule has 30 heavy (non-hydrogen) atoms. The van der Waals surface area contributed by atoms with Gasteiger partial charge in [0.2, 0.25) is 11.7 Å². The zero-order chi connectivity index (χ0) is 22.5.